The number of carboxylic acid groups (broad SMARTS) is 2. The van der Waals surface area contributed by atoms with Gasteiger partial charge in [-0.1, -0.05) is 32.1 Å². The van der Waals surface area contributed by atoms with Crippen LogP contribution in [0, 0.1) is 17.8 Å². The maximum atomic E-state index is 10.9. The Kier molecular flexibility index (Phi) is 7.12. The van der Waals surface area contributed by atoms with Crippen LogP contribution in [0.5, 0.6) is 0 Å². The third-order valence-corrected chi connectivity index (χ3v) is 4.29. The van der Waals surface area contributed by atoms with Crippen molar-refractivity contribution in [3.63, 3.8) is 0 Å². The number of carboxylic acids is 2. The second kappa shape index (κ2) is 8.36. The zero-order valence-electron chi connectivity index (χ0n) is 12.2. The number of hydrogen-bond donors (Lipinski definition) is 3. The molecule has 0 aromatic heterocycles. The summed E-state index contributed by atoms with van der Waals surface area (Å²) >= 11 is 0. The molecule has 8 heteroatoms. The average Bonchev–Trinajstić information content (AvgIpc) is 2.48. The van der Waals surface area contributed by atoms with Gasteiger partial charge in [-0.05, 0) is 24.8 Å². The molecule has 0 aromatic rings. The molecule has 2 aliphatic rings. The minimum Gasteiger partial charge on any atom is -0.481 e. The van der Waals surface area contributed by atoms with Crippen LogP contribution in [-0.2, 0) is 9.59 Å². The van der Waals surface area contributed by atoms with Gasteiger partial charge in [0.25, 0.3) is 0 Å². The van der Waals surface area contributed by atoms with Crippen molar-refractivity contribution >= 4 is 11.9 Å². The number of alkyl halides is 3. The Morgan fingerprint density at radius 2 is 1.50 bits per heavy atom. The molecule has 0 amide bonds. The Balaban J connectivity index is 0.000000295. The molecule has 2 atom stereocenters. The van der Waals surface area contributed by atoms with Crippen molar-refractivity contribution in [3.8, 4) is 0 Å². The van der Waals surface area contributed by atoms with Crippen LogP contribution in [0.1, 0.15) is 38.5 Å². The SMILES string of the molecule is O=C(O)C(F)(F)F.O=C(O)C1CNCC(C2CCCCC2)C1. The fourth-order valence-electron chi connectivity index (χ4n) is 3.13. The third-order valence-electron chi connectivity index (χ3n) is 4.29. The zero-order chi connectivity index (χ0) is 16.8. The highest BCUT2D eigenvalue weighted by atomic mass is 19.4. The van der Waals surface area contributed by atoms with Gasteiger partial charge in [0, 0.05) is 6.54 Å². The number of halogens is 3. The van der Waals surface area contributed by atoms with Crippen LogP contribution in [-0.4, -0.2) is 41.4 Å². The van der Waals surface area contributed by atoms with Gasteiger partial charge in [-0.25, -0.2) is 4.79 Å². The second-order valence-corrected chi connectivity index (χ2v) is 5.89. The molecule has 1 heterocycles. The van der Waals surface area contributed by atoms with Crippen LogP contribution < -0.4 is 5.32 Å². The van der Waals surface area contributed by atoms with Crippen molar-refractivity contribution in [2.75, 3.05) is 13.1 Å². The number of piperidine rings is 1. The highest BCUT2D eigenvalue weighted by Gasteiger charge is 2.38. The molecule has 3 N–H and O–H groups in total. The summed E-state index contributed by atoms with van der Waals surface area (Å²) in [6.45, 7) is 1.70. The van der Waals surface area contributed by atoms with E-state index in [1.807, 2.05) is 0 Å². The fraction of sp³-hybridized carbons (Fsp3) is 0.857. The normalized spacial score (nSPS) is 26.7. The summed E-state index contributed by atoms with van der Waals surface area (Å²) in [5, 5.41) is 19.4. The Labute approximate surface area is 126 Å². The van der Waals surface area contributed by atoms with E-state index in [0.29, 0.717) is 12.5 Å². The Morgan fingerprint density at radius 1 is 0.955 bits per heavy atom. The topological polar surface area (TPSA) is 86.6 Å². The van der Waals surface area contributed by atoms with E-state index in [1.54, 1.807) is 0 Å². The predicted octanol–water partition coefficient (Wildman–Crippen LogP) is 2.51. The molecule has 0 radical (unpaired) electrons. The Hall–Kier alpha value is -1.31. The minimum absolute atomic E-state index is 0.148. The molecule has 2 rings (SSSR count). The molecule has 22 heavy (non-hydrogen) atoms. The Morgan fingerprint density at radius 3 is 1.95 bits per heavy atom. The number of carbonyl (C=O) groups is 2. The highest BCUT2D eigenvalue weighted by molar-refractivity contribution is 5.73. The molecule has 2 fully saturated rings. The summed E-state index contributed by atoms with van der Waals surface area (Å²) in [5.41, 5.74) is 0. The molecule has 0 aromatic carbocycles. The third kappa shape index (κ3) is 6.21. The van der Waals surface area contributed by atoms with E-state index in [0.717, 1.165) is 18.9 Å². The summed E-state index contributed by atoms with van der Waals surface area (Å²) in [6.07, 6.45) is 2.52. The van der Waals surface area contributed by atoms with Crippen molar-refractivity contribution in [2.45, 2.75) is 44.7 Å². The largest absolute Gasteiger partial charge is 0.490 e. The molecule has 1 aliphatic heterocycles. The van der Waals surface area contributed by atoms with Gasteiger partial charge in [0.05, 0.1) is 5.92 Å². The number of aliphatic carboxylic acids is 2. The summed E-state index contributed by atoms with van der Waals surface area (Å²) < 4.78 is 31.7. The van der Waals surface area contributed by atoms with Crippen LogP contribution in [0.2, 0.25) is 0 Å². The summed E-state index contributed by atoms with van der Waals surface area (Å²) in [5.74, 6) is -2.13. The van der Waals surface area contributed by atoms with Gasteiger partial charge < -0.3 is 15.5 Å². The molecular weight excluding hydrogens is 303 g/mol. The van der Waals surface area contributed by atoms with Gasteiger partial charge in [0.2, 0.25) is 0 Å². The highest BCUT2D eigenvalue weighted by Crippen LogP contribution is 2.34. The Bertz CT molecular complexity index is 381. The van der Waals surface area contributed by atoms with Crippen molar-refractivity contribution in [1.82, 2.24) is 5.32 Å². The lowest BCUT2D eigenvalue weighted by Crippen LogP contribution is -2.42. The predicted molar refractivity (Wildman–Crippen MR) is 72.4 cm³/mol. The van der Waals surface area contributed by atoms with Crippen LogP contribution in [0.15, 0.2) is 0 Å². The number of hydrogen-bond acceptors (Lipinski definition) is 3. The average molecular weight is 325 g/mol. The minimum atomic E-state index is -5.08. The van der Waals surface area contributed by atoms with Gasteiger partial charge in [-0.2, -0.15) is 13.2 Å². The van der Waals surface area contributed by atoms with Gasteiger partial charge in [0.15, 0.2) is 0 Å². The first-order chi connectivity index (χ1) is 10.2. The fourth-order valence-corrected chi connectivity index (χ4v) is 3.13. The van der Waals surface area contributed by atoms with Crippen molar-refractivity contribution in [3.05, 3.63) is 0 Å². The van der Waals surface area contributed by atoms with Gasteiger partial charge in [0.1, 0.15) is 0 Å². The van der Waals surface area contributed by atoms with Crippen molar-refractivity contribution in [1.29, 1.82) is 0 Å². The monoisotopic (exact) mass is 325 g/mol. The van der Waals surface area contributed by atoms with Gasteiger partial charge >= 0.3 is 18.1 Å². The van der Waals surface area contributed by atoms with Gasteiger partial charge in [-0.15, -0.1) is 0 Å². The van der Waals surface area contributed by atoms with Crippen LogP contribution in [0.25, 0.3) is 0 Å². The van der Waals surface area contributed by atoms with E-state index in [1.165, 1.54) is 32.1 Å². The first-order valence-corrected chi connectivity index (χ1v) is 7.45. The molecule has 1 aliphatic carbocycles. The van der Waals surface area contributed by atoms with E-state index in [4.69, 9.17) is 15.0 Å². The standard InChI is InChI=1S/C12H21NO2.C2HF3O2/c14-12(15)11-6-10(7-13-8-11)9-4-2-1-3-5-9;3-2(4,5)1(6)7/h9-11,13H,1-8H2,(H,14,15);(H,6,7). The second-order valence-electron chi connectivity index (χ2n) is 5.89. The smallest absolute Gasteiger partial charge is 0.481 e. The van der Waals surface area contributed by atoms with E-state index < -0.39 is 18.1 Å². The molecule has 1 saturated heterocycles. The van der Waals surface area contributed by atoms with Gasteiger partial charge in [-0.3, -0.25) is 4.79 Å². The zero-order valence-corrected chi connectivity index (χ0v) is 12.2. The van der Waals surface area contributed by atoms with Crippen LogP contribution >= 0.6 is 0 Å². The number of nitrogens with one attached hydrogen (secondary N) is 1. The molecule has 1 saturated carbocycles. The number of rotatable bonds is 2. The molecule has 0 bridgehead atoms. The van der Waals surface area contributed by atoms with E-state index in [2.05, 4.69) is 5.32 Å². The first-order valence-electron chi connectivity index (χ1n) is 7.45. The lowest BCUT2D eigenvalue weighted by Gasteiger charge is -2.35. The van der Waals surface area contributed by atoms with Crippen molar-refractivity contribution < 1.29 is 33.0 Å². The molecule has 128 valence electrons. The molecule has 5 nitrogen and oxygen atoms in total. The van der Waals surface area contributed by atoms with E-state index in [9.17, 15) is 18.0 Å². The van der Waals surface area contributed by atoms with Crippen molar-refractivity contribution in [2.24, 2.45) is 17.8 Å². The summed E-state index contributed by atoms with van der Waals surface area (Å²) in [4.78, 5) is 19.8. The molecule has 2 unspecified atom stereocenters. The maximum absolute atomic E-state index is 10.9. The maximum Gasteiger partial charge on any atom is 0.490 e. The van der Waals surface area contributed by atoms with Crippen LogP contribution in [0.3, 0.4) is 0 Å². The summed E-state index contributed by atoms with van der Waals surface area (Å²) in [7, 11) is 0. The van der Waals surface area contributed by atoms with E-state index >= 15 is 0 Å². The lowest BCUT2D eigenvalue weighted by atomic mass is 9.75. The lowest BCUT2D eigenvalue weighted by molar-refractivity contribution is -0.192. The van der Waals surface area contributed by atoms with Crippen LogP contribution in [0.4, 0.5) is 13.2 Å². The summed E-state index contributed by atoms with van der Waals surface area (Å²) in [6, 6.07) is 0. The quantitative estimate of drug-likeness (QED) is 0.726. The first kappa shape index (κ1) is 18.7. The molecular formula is C14H22F3NO4. The molecule has 0 spiro atoms. The van der Waals surface area contributed by atoms with E-state index in [-0.39, 0.29) is 5.92 Å².